The molecule has 154 valence electrons. The largest absolute Gasteiger partial charge is 0.454 e. The predicted molar refractivity (Wildman–Crippen MR) is 118 cm³/mol. The van der Waals surface area contributed by atoms with Crippen LogP contribution in [0.2, 0.25) is 0 Å². The van der Waals surface area contributed by atoms with Crippen molar-refractivity contribution in [1.29, 1.82) is 5.26 Å². The lowest BCUT2D eigenvalue weighted by atomic mass is 9.98. The van der Waals surface area contributed by atoms with Gasteiger partial charge in [0.1, 0.15) is 17.3 Å². The third-order valence-electron chi connectivity index (χ3n) is 4.96. The molecule has 0 aliphatic heterocycles. The number of H-pyrrole nitrogens is 1. The van der Waals surface area contributed by atoms with Crippen LogP contribution in [0.15, 0.2) is 35.1 Å². The van der Waals surface area contributed by atoms with E-state index in [0.717, 1.165) is 28.8 Å². The molecule has 0 fully saturated rings. The number of nitrogens with one attached hydrogen (secondary N) is 1. The van der Waals surface area contributed by atoms with Crippen LogP contribution in [0.25, 0.3) is 16.3 Å². The summed E-state index contributed by atoms with van der Waals surface area (Å²) in [5.74, 6) is 0.273. The molecule has 0 amide bonds. The summed E-state index contributed by atoms with van der Waals surface area (Å²) >= 11 is 1.50. The Bertz CT molecular complexity index is 1180. The number of hydrogen-bond acceptors (Lipinski definition) is 6. The number of aromatic amines is 1. The molecule has 30 heavy (non-hydrogen) atoms. The Hall–Kier alpha value is -3.24. The van der Waals surface area contributed by atoms with E-state index in [2.05, 4.69) is 23.8 Å². The number of carbonyl (C=O) groups is 1. The van der Waals surface area contributed by atoms with Crippen LogP contribution in [0.5, 0.6) is 0 Å². The van der Waals surface area contributed by atoms with E-state index in [1.165, 1.54) is 17.4 Å². The van der Waals surface area contributed by atoms with Crippen molar-refractivity contribution in [2.45, 2.75) is 40.2 Å². The minimum Gasteiger partial charge on any atom is -0.454 e. The van der Waals surface area contributed by atoms with E-state index >= 15 is 0 Å². The van der Waals surface area contributed by atoms with E-state index in [4.69, 9.17) is 10.00 Å². The molecular weight excluding hydrogens is 398 g/mol. The Morgan fingerprint density at radius 2 is 2.10 bits per heavy atom. The molecule has 1 atom stereocenters. The molecule has 0 spiro atoms. The summed E-state index contributed by atoms with van der Waals surface area (Å²) in [5, 5.41) is 9.45. The van der Waals surface area contributed by atoms with Gasteiger partial charge in [0.15, 0.2) is 0 Å². The number of aryl methyl sites for hydroxylation is 1. The third-order valence-corrected chi connectivity index (χ3v) is 6.01. The average molecular weight is 422 g/mol. The number of esters is 1. The highest BCUT2D eigenvalue weighted by Gasteiger charge is 2.17. The van der Waals surface area contributed by atoms with Gasteiger partial charge in [-0.2, -0.15) is 5.26 Å². The number of benzene rings is 1. The van der Waals surface area contributed by atoms with Gasteiger partial charge in [-0.25, -0.2) is 9.78 Å². The molecular formula is C23H23N3O3S. The van der Waals surface area contributed by atoms with Crippen molar-refractivity contribution in [1.82, 2.24) is 9.97 Å². The van der Waals surface area contributed by atoms with Gasteiger partial charge in [0.05, 0.1) is 17.0 Å². The molecule has 0 aliphatic rings. The highest BCUT2D eigenvalue weighted by Crippen LogP contribution is 2.29. The van der Waals surface area contributed by atoms with Gasteiger partial charge in [0, 0.05) is 11.0 Å². The van der Waals surface area contributed by atoms with Crippen LogP contribution in [-0.2, 0) is 22.6 Å². The number of rotatable bonds is 7. The number of nitrogens with zero attached hydrogens (tertiary/aromatic N) is 2. The van der Waals surface area contributed by atoms with Crippen molar-refractivity contribution < 1.29 is 9.53 Å². The minimum atomic E-state index is -0.540. The first-order valence-electron chi connectivity index (χ1n) is 9.77. The van der Waals surface area contributed by atoms with Crippen molar-refractivity contribution in [3.05, 3.63) is 68.1 Å². The highest BCUT2D eigenvalue weighted by atomic mass is 32.1. The smallest absolute Gasteiger partial charge is 0.331 e. The van der Waals surface area contributed by atoms with Gasteiger partial charge in [-0.1, -0.05) is 32.4 Å². The van der Waals surface area contributed by atoms with Crippen LogP contribution in [0.4, 0.5) is 0 Å². The maximum absolute atomic E-state index is 12.6. The van der Waals surface area contributed by atoms with Gasteiger partial charge >= 0.3 is 5.97 Å². The van der Waals surface area contributed by atoms with Crippen LogP contribution >= 0.6 is 11.3 Å². The molecule has 7 heteroatoms. The topological polar surface area (TPSA) is 95.8 Å². The second kappa shape index (κ2) is 9.51. The Balaban J connectivity index is 1.70. The number of aromatic nitrogens is 2. The molecule has 6 nitrogen and oxygen atoms in total. The normalized spacial score (nSPS) is 12.2. The third kappa shape index (κ3) is 5.02. The van der Waals surface area contributed by atoms with E-state index < -0.39 is 5.97 Å². The Labute approximate surface area is 178 Å². The van der Waals surface area contributed by atoms with Gasteiger partial charge in [-0.05, 0) is 48.6 Å². The predicted octanol–water partition coefficient (Wildman–Crippen LogP) is 4.51. The lowest BCUT2D eigenvalue weighted by molar-refractivity contribution is -0.139. The summed E-state index contributed by atoms with van der Waals surface area (Å²) in [6, 6.07) is 8.87. The zero-order chi connectivity index (χ0) is 21.7. The quantitative estimate of drug-likeness (QED) is 0.447. The molecule has 3 aromatic rings. The molecule has 1 aromatic carbocycles. The van der Waals surface area contributed by atoms with Crippen molar-refractivity contribution in [3.8, 4) is 6.07 Å². The van der Waals surface area contributed by atoms with Gasteiger partial charge in [-0.3, -0.25) is 4.79 Å². The first-order valence-corrected chi connectivity index (χ1v) is 10.6. The number of fused-ring (bicyclic) bond motifs is 1. The fourth-order valence-electron chi connectivity index (χ4n) is 3.05. The second-order valence-electron chi connectivity index (χ2n) is 7.22. The number of thiophene rings is 1. The Morgan fingerprint density at radius 1 is 1.37 bits per heavy atom. The standard InChI is InChI=1S/C23H23N3O3S/c1-4-14(2)11-18-15(3)30-23-21(18)22(28)25-19(26-23)13-29-20(27)10-9-16-5-7-17(12-24)8-6-16/h5-10,14H,4,11,13H2,1-3H3,(H,25,26,28)/b10-9+/t14-/m1/s1. The van der Waals surface area contributed by atoms with Crippen molar-refractivity contribution >= 4 is 33.6 Å². The number of carbonyl (C=O) groups excluding carboxylic acids is 1. The molecule has 3 rings (SSSR count). The van der Waals surface area contributed by atoms with Gasteiger partial charge < -0.3 is 9.72 Å². The maximum atomic E-state index is 12.6. The van der Waals surface area contributed by atoms with Crippen LogP contribution < -0.4 is 5.56 Å². The average Bonchev–Trinajstić information content (AvgIpc) is 3.06. The highest BCUT2D eigenvalue weighted by molar-refractivity contribution is 7.18. The fourth-order valence-corrected chi connectivity index (χ4v) is 4.12. The van der Waals surface area contributed by atoms with Crippen molar-refractivity contribution in [2.75, 3.05) is 0 Å². The summed E-state index contributed by atoms with van der Waals surface area (Å²) in [6.07, 6.45) is 4.80. The lowest BCUT2D eigenvalue weighted by Crippen LogP contribution is -2.14. The van der Waals surface area contributed by atoms with E-state index in [1.54, 1.807) is 30.3 Å². The van der Waals surface area contributed by atoms with Gasteiger partial charge in [-0.15, -0.1) is 11.3 Å². The molecule has 0 bridgehead atoms. The zero-order valence-electron chi connectivity index (χ0n) is 17.2. The van der Waals surface area contributed by atoms with Crippen LogP contribution in [0.3, 0.4) is 0 Å². The monoisotopic (exact) mass is 421 g/mol. The van der Waals surface area contributed by atoms with E-state index in [0.29, 0.717) is 27.5 Å². The Kier molecular flexibility index (Phi) is 6.80. The van der Waals surface area contributed by atoms with E-state index in [1.807, 2.05) is 13.0 Å². The van der Waals surface area contributed by atoms with E-state index in [9.17, 15) is 9.59 Å². The van der Waals surface area contributed by atoms with Crippen molar-refractivity contribution in [2.24, 2.45) is 5.92 Å². The SMILES string of the molecule is CC[C@@H](C)Cc1c(C)sc2nc(COC(=O)/C=C/c3ccc(C#N)cc3)[nH]c(=O)c12. The van der Waals surface area contributed by atoms with Crippen LogP contribution in [-0.4, -0.2) is 15.9 Å². The number of nitriles is 1. The fraction of sp³-hybridized carbons (Fsp3) is 0.304. The number of hydrogen-bond donors (Lipinski definition) is 1. The summed E-state index contributed by atoms with van der Waals surface area (Å²) in [7, 11) is 0. The molecule has 0 radical (unpaired) electrons. The molecule has 0 saturated carbocycles. The molecule has 0 saturated heterocycles. The number of ether oxygens (including phenoxy) is 1. The first kappa shape index (κ1) is 21.5. The lowest BCUT2D eigenvalue weighted by Gasteiger charge is -2.08. The second-order valence-corrected chi connectivity index (χ2v) is 8.43. The maximum Gasteiger partial charge on any atom is 0.331 e. The molecule has 1 N–H and O–H groups in total. The van der Waals surface area contributed by atoms with Gasteiger partial charge in [0.2, 0.25) is 0 Å². The molecule has 2 aromatic heterocycles. The minimum absolute atomic E-state index is 0.112. The Morgan fingerprint density at radius 3 is 2.77 bits per heavy atom. The molecule has 0 unspecified atom stereocenters. The summed E-state index contributed by atoms with van der Waals surface area (Å²) < 4.78 is 5.21. The summed E-state index contributed by atoms with van der Waals surface area (Å²) in [6.45, 7) is 6.21. The molecule has 2 heterocycles. The summed E-state index contributed by atoms with van der Waals surface area (Å²) in [5.41, 5.74) is 2.20. The first-order chi connectivity index (χ1) is 14.4. The van der Waals surface area contributed by atoms with Crippen LogP contribution in [0.1, 0.15) is 47.7 Å². The van der Waals surface area contributed by atoms with Crippen LogP contribution in [0, 0.1) is 24.2 Å². The molecule has 0 aliphatic carbocycles. The zero-order valence-corrected chi connectivity index (χ0v) is 18.0. The summed E-state index contributed by atoms with van der Waals surface area (Å²) in [4.78, 5) is 33.7. The van der Waals surface area contributed by atoms with E-state index in [-0.39, 0.29) is 12.2 Å². The van der Waals surface area contributed by atoms with Gasteiger partial charge in [0.25, 0.3) is 5.56 Å². The van der Waals surface area contributed by atoms with Crippen molar-refractivity contribution in [3.63, 3.8) is 0 Å².